The van der Waals surface area contributed by atoms with E-state index in [1.807, 2.05) is 62.4 Å². The summed E-state index contributed by atoms with van der Waals surface area (Å²) in [5.41, 5.74) is 11.0. The minimum atomic E-state index is -0.836. The molecule has 206 valence electrons. The molecule has 0 saturated heterocycles. The summed E-state index contributed by atoms with van der Waals surface area (Å²) in [6.07, 6.45) is 1.42. The Morgan fingerprint density at radius 3 is 2.05 bits per heavy atom. The van der Waals surface area contributed by atoms with E-state index < -0.39 is 24.1 Å². The fourth-order valence-electron chi connectivity index (χ4n) is 4.25. The molecule has 3 aromatic rings. The van der Waals surface area contributed by atoms with E-state index in [0.717, 1.165) is 35.1 Å². The van der Waals surface area contributed by atoms with Crippen molar-refractivity contribution in [2.24, 2.45) is 5.73 Å². The van der Waals surface area contributed by atoms with Crippen LogP contribution in [0.1, 0.15) is 41.2 Å². The molecular formula is C31H38N4O4. The summed E-state index contributed by atoms with van der Waals surface area (Å²) in [4.78, 5) is 37.4. The number of benzene rings is 3. The number of hydrogen-bond acceptors (Lipinski definition) is 5. The Bertz CT molecular complexity index is 1220. The standard InChI is InChI=1S/C31H38N4O4/c1-21-17-26(39-31(38)34-20-25-13-8-5-9-14-25)18-22(2)27(21)19-28(32)30(37)35-23(3)29(36)33-16-10-15-24-11-6-4-7-12-24/h4-9,11-14,17-18,23,28H,10,15-16,19-20,32H2,1-3H3,(H,33,36)(H,34,38)(H,35,37)/t23-,28-/m1/s1. The zero-order chi connectivity index (χ0) is 28.2. The van der Waals surface area contributed by atoms with Crippen molar-refractivity contribution in [1.29, 1.82) is 0 Å². The molecule has 3 rings (SSSR count). The number of nitrogens with one attached hydrogen (secondary N) is 3. The number of amides is 3. The molecule has 0 aliphatic heterocycles. The Hall–Kier alpha value is -4.17. The van der Waals surface area contributed by atoms with Gasteiger partial charge in [-0.15, -0.1) is 0 Å². The van der Waals surface area contributed by atoms with Gasteiger partial charge in [0.05, 0.1) is 6.04 Å². The molecule has 3 amide bonds. The highest BCUT2D eigenvalue weighted by Gasteiger charge is 2.22. The molecule has 2 atom stereocenters. The zero-order valence-corrected chi connectivity index (χ0v) is 22.8. The smallest absolute Gasteiger partial charge is 0.410 e. The largest absolute Gasteiger partial charge is 0.412 e. The first kappa shape index (κ1) is 29.4. The Kier molecular flexibility index (Phi) is 11.1. The minimum absolute atomic E-state index is 0.247. The van der Waals surface area contributed by atoms with Crippen LogP contribution >= 0.6 is 0 Å². The second-order valence-corrected chi connectivity index (χ2v) is 9.69. The van der Waals surface area contributed by atoms with E-state index in [2.05, 4.69) is 28.1 Å². The predicted molar refractivity (Wildman–Crippen MR) is 152 cm³/mol. The number of aryl methyl sites for hydroxylation is 3. The number of ether oxygens (including phenoxy) is 1. The van der Waals surface area contributed by atoms with Crippen molar-refractivity contribution in [3.63, 3.8) is 0 Å². The normalized spacial score (nSPS) is 12.2. The third-order valence-corrected chi connectivity index (χ3v) is 6.46. The van der Waals surface area contributed by atoms with E-state index in [0.29, 0.717) is 18.8 Å². The first-order chi connectivity index (χ1) is 18.7. The number of nitrogens with two attached hydrogens (primary N) is 1. The van der Waals surface area contributed by atoms with Crippen LogP contribution in [0.25, 0.3) is 0 Å². The summed E-state index contributed by atoms with van der Waals surface area (Å²) in [6, 6.07) is 21.6. The first-order valence-corrected chi connectivity index (χ1v) is 13.2. The van der Waals surface area contributed by atoms with Gasteiger partial charge in [0.2, 0.25) is 11.8 Å². The Balaban J connectivity index is 1.45. The van der Waals surface area contributed by atoms with E-state index >= 15 is 0 Å². The van der Waals surface area contributed by atoms with Gasteiger partial charge in [-0.2, -0.15) is 0 Å². The van der Waals surface area contributed by atoms with Crippen molar-refractivity contribution < 1.29 is 19.1 Å². The fraction of sp³-hybridized carbons (Fsp3) is 0.323. The number of rotatable bonds is 12. The molecule has 0 bridgehead atoms. The molecule has 8 heteroatoms. The summed E-state index contributed by atoms with van der Waals surface area (Å²) in [5, 5.41) is 8.30. The molecule has 0 aromatic heterocycles. The van der Waals surface area contributed by atoms with Gasteiger partial charge in [-0.1, -0.05) is 60.7 Å². The van der Waals surface area contributed by atoms with Crippen LogP contribution in [0.15, 0.2) is 72.8 Å². The topological polar surface area (TPSA) is 123 Å². The van der Waals surface area contributed by atoms with E-state index in [9.17, 15) is 14.4 Å². The fourth-order valence-corrected chi connectivity index (χ4v) is 4.25. The highest BCUT2D eigenvalue weighted by atomic mass is 16.6. The molecule has 0 unspecified atom stereocenters. The van der Waals surface area contributed by atoms with Gasteiger partial charge >= 0.3 is 6.09 Å². The van der Waals surface area contributed by atoms with Crippen molar-refractivity contribution in [3.05, 3.63) is 101 Å². The van der Waals surface area contributed by atoms with Crippen LogP contribution in [0.2, 0.25) is 0 Å². The monoisotopic (exact) mass is 530 g/mol. The van der Waals surface area contributed by atoms with E-state index in [1.54, 1.807) is 19.1 Å². The van der Waals surface area contributed by atoms with E-state index in [4.69, 9.17) is 10.5 Å². The number of carbonyl (C=O) groups is 3. The minimum Gasteiger partial charge on any atom is -0.410 e. The van der Waals surface area contributed by atoms with Crippen molar-refractivity contribution in [2.45, 2.75) is 58.7 Å². The third kappa shape index (κ3) is 9.57. The highest BCUT2D eigenvalue weighted by molar-refractivity contribution is 5.89. The lowest BCUT2D eigenvalue weighted by molar-refractivity contribution is -0.129. The highest BCUT2D eigenvalue weighted by Crippen LogP contribution is 2.23. The molecule has 5 N–H and O–H groups in total. The van der Waals surface area contributed by atoms with Crippen LogP contribution in [0.3, 0.4) is 0 Å². The van der Waals surface area contributed by atoms with Crippen LogP contribution in [0.5, 0.6) is 5.75 Å². The molecule has 0 saturated carbocycles. The lowest BCUT2D eigenvalue weighted by Crippen LogP contribution is -2.51. The molecule has 0 fully saturated rings. The van der Waals surface area contributed by atoms with Crippen molar-refractivity contribution in [1.82, 2.24) is 16.0 Å². The van der Waals surface area contributed by atoms with Crippen LogP contribution in [-0.4, -0.2) is 36.5 Å². The Morgan fingerprint density at radius 2 is 1.44 bits per heavy atom. The van der Waals surface area contributed by atoms with Crippen LogP contribution in [0.4, 0.5) is 4.79 Å². The lowest BCUT2D eigenvalue weighted by Gasteiger charge is -2.19. The molecule has 8 nitrogen and oxygen atoms in total. The van der Waals surface area contributed by atoms with Gasteiger partial charge in [0.15, 0.2) is 0 Å². The number of hydrogen-bond donors (Lipinski definition) is 4. The van der Waals surface area contributed by atoms with Gasteiger partial charge in [-0.05, 0) is 80.0 Å². The second kappa shape index (κ2) is 14.7. The van der Waals surface area contributed by atoms with Crippen molar-refractivity contribution in [3.8, 4) is 5.75 Å². The van der Waals surface area contributed by atoms with Crippen molar-refractivity contribution in [2.75, 3.05) is 6.54 Å². The maximum atomic E-state index is 12.7. The molecule has 0 radical (unpaired) electrons. The van der Waals surface area contributed by atoms with Gasteiger partial charge in [0, 0.05) is 13.1 Å². The van der Waals surface area contributed by atoms with Gasteiger partial charge < -0.3 is 26.4 Å². The summed E-state index contributed by atoms with van der Waals surface area (Å²) in [6.45, 7) is 6.30. The zero-order valence-electron chi connectivity index (χ0n) is 22.8. The summed E-state index contributed by atoms with van der Waals surface area (Å²) in [7, 11) is 0. The summed E-state index contributed by atoms with van der Waals surface area (Å²) < 4.78 is 5.44. The molecule has 39 heavy (non-hydrogen) atoms. The van der Waals surface area contributed by atoms with Crippen LogP contribution in [-0.2, 0) is 29.0 Å². The quantitative estimate of drug-likeness (QED) is 0.266. The van der Waals surface area contributed by atoms with Gasteiger partial charge in [-0.3, -0.25) is 9.59 Å². The van der Waals surface area contributed by atoms with Gasteiger partial charge in [0.1, 0.15) is 11.8 Å². The summed E-state index contributed by atoms with van der Waals surface area (Å²) in [5.74, 6) is -0.237. The molecule has 3 aromatic carbocycles. The van der Waals surface area contributed by atoms with E-state index in [1.165, 1.54) is 5.56 Å². The number of carbonyl (C=O) groups excluding carboxylic acids is 3. The maximum Gasteiger partial charge on any atom is 0.412 e. The van der Waals surface area contributed by atoms with Crippen LogP contribution < -0.4 is 26.4 Å². The SMILES string of the molecule is Cc1cc(OC(=O)NCc2ccccc2)cc(C)c1C[C@@H](N)C(=O)N[C@H](C)C(=O)NCCCc1ccccc1. The summed E-state index contributed by atoms with van der Waals surface area (Å²) >= 11 is 0. The Morgan fingerprint density at radius 1 is 0.846 bits per heavy atom. The third-order valence-electron chi connectivity index (χ3n) is 6.46. The molecule has 0 heterocycles. The average molecular weight is 531 g/mol. The first-order valence-electron chi connectivity index (χ1n) is 13.2. The molecule has 0 aliphatic carbocycles. The Labute approximate surface area is 230 Å². The molecule has 0 aliphatic rings. The van der Waals surface area contributed by atoms with Crippen LogP contribution in [0, 0.1) is 13.8 Å². The lowest BCUT2D eigenvalue weighted by atomic mass is 9.96. The predicted octanol–water partition coefficient (Wildman–Crippen LogP) is 3.72. The van der Waals surface area contributed by atoms with Gasteiger partial charge in [0.25, 0.3) is 0 Å². The molecule has 0 spiro atoms. The van der Waals surface area contributed by atoms with Gasteiger partial charge in [-0.25, -0.2) is 4.79 Å². The molecular weight excluding hydrogens is 492 g/mol. The average Bonchev–Trinajstić information content (AvgIpc) is 2.92. The second-order valence-electron chi connectivity index (χ2n) is 9.69. The van der Waals surface area contributed by atoms with E-state index in [-0.39, 0.29) is 12.3 Å². The van der Waals surface area contributed by atoms with Crippen molar-refractivity contribution >= 4 is 17.9 Å². The maximum absolute atomic E-state index is 12.7.